The Bertz CT molecular complexity index is 400. The Morgan fingerprint density at radius 1 is 1.59 bits per heavy atom. The van der Waals surface area contributed by atoms with E-state index in [-0.39, 0.29) is 6.04 Å². The third-order valence-corrected chi connectivity index (χ3v) is 3.04. The van der Waals surface area contributed by atoms with Crippen LogP contribution in [0.2, 0.25) is 0 Å². The largest absolute Gasteiger partial charge is 0.353 e. The van der Waals surface area contributed by atoms with Crippen molar-refractivity contribution in [2.75, 3.05) is 11.4 Å². The number of aromatic nitrogens is 1. The lowest BCUT2D eigenvalue weighted by Crippen LogP contribution is -2.27. The van der Waals surface area contributed by atoms with Crippen molar-refractivity contribution in [3.63, 3.8) is 0 Å². The van der Waals surface area contributed by atoms with Crippen molar-refractivity contribution in [3.8, 4) is 6.07 Å². The Morgan fingerprint density at radius 3 is 2.82 bits per heavy atom. The minimum atomic E-state index is 0.0185. The molecule has 2 rings (SSSR count). The van der Waals surface area contributed by atoms with E-state index in [0.717, 1.165) is 17.9 Å². The molecule has 0 bridgehead atoms. The number of hydrogen-bond donors (Lipinski definition) is 1. The van der Waals surface area contributed by atoms with Crippen LogP contribution in [-0.4, -0.2) is 17.6 Å². The Kier molecular flexibility index (Phi) is 3.60. The summed E-state index contributed by atoms with van der Waals surface area (Å²) >= 11 is 0. The van der Waals surface area contributed by atoms with Crippen molar-refractivity contribution in [1.82, 2.24) is 4.98 Å². The molecule has 90 valence electrons. The summed E-state index contributed by atoms with van der Waals surface area (Å²) in [6.45, 7) is 2.72. The predicted molar refractivity (Wildman–Crippen MR) is 67.4 cm³/mol. The molecule has 1 fully saturated rings. The summed E-state index contributed by atoms with van der Waals surface area (Å²) in [5, 5.41) is 8.67. The van der Waals surface area contributed by atoms with Gasteiger partial charge in [0.25, 0.3) is 0 Å². The van der Waals surface area contributed by atoms with Gasteiger partial charge in [-0.15, -0.1) is 0 Å². The first-order valence-electron chi connectivity index (χ1n) is 6.07. The second kappa shape index (κ2) is 5.15. The number of pyridine rings is 1. The van der Waals surface area contributed by atoms with E-state index in [2.05, 4.69) is 16.0 Å². The van der Waals surface area contributed by atoms with Gasteiger partial charge in [-0.25, -0.2) is 4.98 Å². The van der Waals surface area contributed by atoms with Crippen molar-refractivity contribution < 1.29 is 0 Å². The van der Waals surface area contributed by atoms with Crippen LogP contribution in [0.15, 0.2) is 18.3 Å². The Hall–Kier alpha value is -1.60. The van der Waals surface area contributed by atoms with Crippen LogP contribution in [0.25, 0.3) is 0 Å². The molecule has 0 unspecified atom stereocenters. The maximum absolute atomic E-state index is 8.67. The molecule has 1 aliphatic rings. The van der Waals surface area contributed by atoms with Crippen LogP contribution in [-0.2, 0) is 0 Å². The van der Waals surface area contributed by atoms with E-state index in [4.69, 9.17) is 11.0 Å². The van der Waals surface area contributed by atoms with Crippen LogP contribution >= 0.6 is 0 Å². The molecule has 2 N–H and O–H groups in total. The number of rotatable bonds is 5. The SMILES string of the molecule is C[C@@H](N)c1ccc(N(CCC#N)C2CC2)nc1. The minimum Gasteiger partial charge on any atom is -0.353 e. The molecule has 4 nitrogen and oxygen atoms in total. The van der Waals surface area contributed by atoms with Crippen LogP contribution in [0, 0.1) is 11.3 Å². The van der Waals surface area contributed by atoms with E-state index in [1.54, 1.807) is 0 Å². The fourth-order valence-electron chi connectivity index (χ4n) is 1.88. The van der Waals surface area contributed by atoms with Crippen molar-refractivity contribution in [1.29, 1.82) is 5.26 Å². The van der Waals surface area contributed by atoms with Gasteiger partial charge in [0, 0.05) is 24.8 Å². The third kappa shape index (κ3) is 2.95. The number of anilines is 1. The number of nitriles is 1. The lowest BCUT2D eigenvalue weighted by molar-refractivity contribution is 0.769. The van der Waals surface area contributed by atoms with Gasteiger partial charge in [-0.2, -0.15) is 5.26 Å². The number of nitrogens with zero attached hydrogens (tertiary/aromatic N) is 3. The van der Waals surface area contributed by atoms with E-state index in [0.29, 0.717) is 12.5 Å². The van der Waals surface area contributed by atoms with Gasteiger partial charge in [-0.05, 0) is 31.4 Å². The molecule has 1 saturated carbocycles. The van der Waals surface area contributed by atoms with Gasteiger partial charge in [-0.1, -0.05) is 6.07 Å². The standard InChI is InChI=1S/C13H18N4/c1-10(15)11-3-6-13(16-9-11)17(8-2-7-14)12-4-5-12/h3,6,9-10,12H,2,4-5,8,15H2,1H3/t10-/m1/s1. The van der Waals surface area contributed by atoms with E-state index in [1.165, 1.54) is 12.8 Å². The summed E-state index contributed by atoms with van der Waals surface area (Å²) in [6.07, 6.45) is 4.80. The van der Waals surface area contributed by atoms with Gasteiger partial charge in [0.2, 0.25) is 0 Å². The first kappa shape index (κ1) is 11.9. The molecule has 0 saturated heterocycles. The summed E-state index contributed by atoms with van der Waals surface area (Å²) in [5.41, 5.74) is 6.84. The normalized spacial score (nSPS) is 16.3. The minimum absolute atomic E-state index is 0.0185. The lowest BCUT2D eigenvalue weighted by atomic mass is 10.1. The van der Waals surface area contributed by atoms with Crippen molar-refractivity contribution in [3.05, 3.63) is 23.9 Å². The molecule has 0 aromatic carbocycles. The van der Waals surface area contributed by atoms with E-state index >= 15 is 0 Å². The zero-order valence-corrected chi connectivity index (χ0v) is 10.1. The molecule has 1 aromatic rings. The van der Waals surface area contributed by atoms with Gasteiger partial charge in [0.1, 0.15) is 5.82 Å². The zero-order valence-electron chi connectivity index (χ0n) is 10.1. The molecule has 0 aliphatic heterocycles. The summed E-state index contributed by atoms with van der Waals surface area (Å²) in [4.78, 5) is 6.68. The Balaban J connectivity index is 2.10. The first-order valence-corrected chi connectivity index (χ1v) is 6.07. The van der Waals surface area contributed by atoms with Crippen molar-refractivity contribution in [2.24, 2.45) is 5.73 Å². The molecule has 1 heterocycles. The highest BCUT2D eigenvalue weighted by Gasteiger charge is 2.29. The van der Waals surface area contributed by atoms with Crippen LogP contribution < -0.4 is 10.6 Å². The average Bonchev–Trinajstić information content (AvgIpc) is 3.14. The molecule has 4 heteroatoms. The number of nitrogens with two attached hydrogens (primary N) is 1. The number of hydrogen-bond acceptors (Lipinski definition) is 4. The van der Waals surface area contributed by atoms with Crippen LogP contribution in [0.1, 0.15) is 37.8 Å². The summed E-state index contributed by atoms with van der Waals surface area (Å²) < 4.78 is 0. The summed E-state index contributed by atoms with van der Waals surface area (Å²) in [6, 6.07) is 6.82. The molecule has 0 spiro atoms. The van der Waals surface area contributed by atoms with E-state index < -0.39 is 0 Å². The highest BCUT2D eigenvalue weighted by molar-refractivity contribution is 5.42. The van der Waals surface area contributed by atoms with Gasteiger partial charge in [0.15, 0.2) is 0 Å². The molecule has 1 aliphatic carbocycles. The Labute approximate surface area is 102 Å². The van der Waals surface area contributed by atoms with Gasteiger partial charge in [-0.3, -0.25) is 0 Å². The fraction of sp³-hybridized carbons (Fsp3) is 0.538. The average molecular weight is 230 g/mol. The van der Waals surface area contributed by atoms with Crippen LogP contribution in [0.4, 0.5) is 5.82 Å². The molecule has 17 heavy (non-hydrogen) atoms. The molecular weight excluding hydrogens is 212 g/mol. The van der Waals surface area contributed by atoms with E-state index in [1.807, 2.05) is 25.3 Å². The van der Waals surface area contributed by atoms with Crippen molar-refractivity contribution >= 4 is 5.82 Å². The lowest BCUT2D eigenvalue weighted by Gasteiger charge is -2.22. The second-order valence-corrected chi connectivity index (χ2v) is 4.57. The Morgan fingerprint density at radius 2 is 2.35 bits per heavy atom. The smallest absolute Gasteiger partial charge is 0.128 e. The van der Waals surface area contributed by atoms with Gasteiger partial charge < -0.3 is 10.6 Å². The summed E-state index contributed by atoms with van der Waals surface area (Å²) in [7, 11) is 0. The highest BCUT2D eigenvalue weighted by Crippen LogP contribution is 2.30. The monoisotopic (exact) mass is 230 g/mol. The van der Waals surface area contributed by atoms with Crippen LogP contribution in [0.3, 0.4) is 0 Å². The highest BCUT2D eigenvalue weighted by atomic mass is 15.2. The second-order valence-electron chi connectivity index (χ2n) is 4.57. The maximum atomic E-state index is 8.67. The molecular formula is C13H18N4. The molecule has 1 aromatic heterocycles. The molecule has 0 amide bonds. The van der Waals surface area contributed by atoms with E-state index in [9.17, 15) is 0 Å². The maximum Gasteiger partial charge on any atom is 0.128 e. The fourth-order valence-corrected chi connectivity index (χ4v) is 1.88. The summed E-state index contributed by atoms with van der Waals surface area (Å²) in [5.74, 6) is 0.965. The first-order chi connectivity index (χ1) is 8.22. The quantitative estimate of drug-likeness (QED) is 0.840. The van der Waals surface area contributed by atoms with Gasteiger partial charge >= 0.3 is 0 Å². The zero-order chi connectivity index (χ0) is 12.3. The third-order valence-electron chi connectivity index (χ3n) is 3.04. The topological polar surface area (TPSA) is 65.9 Å². The van der Waals surface area contributed by atoms with Crippen LogP contribution in [0.5, 0.6) is 0 Å². The molecule has 0 radical (unpaired) electrons. The predicted octanol–water partition coefficient (Wildman–Crippen LogP) is 1.98. The van der Waals surface area contributed by atoms with Gasteiger partial charge in [0.05, 0.1) is 12.5 Å². The molecule has 1 atom stereocenters. The van der Waals surface area contributed by atoms with Crippen molar-refractivity contribution in [2.45, 2.75) is 38.3 Å².